The van der Waals surface area contributed by atoms with Crippen molar-refractivity contribution in [3.63, 3.8) is 0 Å². The molecule has 2 unspecified atom stereocenters. The van der Waals surface area contributed by atoms with Crippen LogP contribution in [0.2, 0.25) is 0 Å². The van der Waals surface area contributed by atoms with Gasteiger partial charge in [0.25, 0.3) is 5.79 Å². The summed E-state index contributed by atoms with van der Waals surface area (Å²) in [5, 5.41) is 13.2. The first-order chi connectivity index (χ1) is 14.7. The Morgan fingerprint density at radius 1 is 1.06 bits per heavy atom. The van der Waals surface area contributed by atoms with E-state index in [0.29, 0.717) is 0 Å². The predicted molar refractivity (Wildman–Crippen MR) is 119 cm³/mol. The fourth-order valence-corrected chi connectivity index (χ4v) is 5.64. The number of nitrogens with zero attached hydrogens (tertiary/aromatic N) is 1. The summed E-state index contributed by atoms with van der Waals surface area (Å²) in [7, 11) is 0. The van der Waals surface area contributed by atoms with Crippen LogP contribution in [0.25, 0.3) is 10.8 Å². The molecular weight excluding hydrogens is 430 g/mol. The fourth-order valence-electron chi connectivity index (χ4n) is 5.26. The lowest BCUT2D eigenvalue weighted by Crippen LogP contribution is -2.41. The van der Waals surface area contributed by atoms with Gasteiger partial charge < -0.3 is 14.6 Å². The Labute approximate surface area is 191 Å². The molecule has 32 heavy (non-hydrogen) atoms. The number of esters is 2. The van der Waals surface area contributed by atoms with Crippen molar-refractivity contribution in [3.8, 4) is 0 Å². The highest BCUT2D eigenvalue weighted by atomic mass is 35.5. The van der Waals surface area contributed by atoms with Gasteiger partial charge in [0.2, 0.25) is 0 Å². The normalized spacial score (nSPS) is 34.3. The minimum absolute atomic E-state index is 0.133. The third-order valence-electron chi connectivity index (χ3n) is 7.59. The van der Waals surface area contributed by atoms with Crippen molar-refractivity contribution in [2.24, 2.45) is 5.92 Å². The Balaban J connectivity index is 1.60. The molecule has 0 bridgehead atoms. The highest BCUT2D eigenvalue weighted by molar-refractivity contribution is 6.28. The number of pyridine rings is 1. The van der Waals surface area contributed by atoms with Gasteiger partial charge in [-0.2, -0.15) is 0 Å². The van der Waals surface area contributed by atoms with Crippen LogP contribution in [-0.4, -0.2) is 32.7 Å². The molecule has 168 valence electrons. The van der Waals surface area contributed by atoms with E-state index in [2.05, 4.69) is 0 Å². The number of rotatable bonds is 2. The highest BCUT2D eigenvalue weighted by Crippen LogP contribution is 2.65. The molecule has 2 heterocycles. The summed E-state index contributed by atoms with van der Waals surface area (Å²) in [4.78, 5) is 28.9. The molecule has 7 heteroatoms. The van der Waals surface area contributed by atoms with Crippen molar-refractivity contribution in [2.75, 3.05) is 0 Å². The van der Waals surface area contributed by atoms with Crippen molar-refractivity contribution >= 4 is 34.3 Å². The topological polar surface area (TPSA) is 85.7 Å². The maximum atomic E-state index is 12.4. The average molecular weight is 456 g/mol. The Bertz CT molecular complexity index is 1200. The second-order valence-electron chi connectivity index (χ2n) is 10.4. The molecule has 1 N–H and O–H groups in total. The van der Waals surface area contributed by atoms with E-state index in [1.807, 2.05) is 52.1 Å². The van der Waals surface area contributed by atoms with E-state index in [-0.39, 0.29) is 17.4 Å². The van der Waals surface area contributed by atoms with Gasteiger partial charge in [-0.25, -0.2) is 9.59 Å². The lowest BCUT2D eigenvalue weighted by Gasteiger charge is -2.34. The summed E-state index contributed by atoms with van der Waals surface area (Å²) in [6, 6.07) is 5.88. The van der Waals surface area contributed by atoms with Crippen molar-refractivity contribution in [1.82, 2.24) is 4.98 Å². The zero-order valence-corrected chi connectivity index (χ0v) is 19.7. The van der Waals surface area contributed by atoms with Crippen molar-refractivity contribution in [2.45, 2.75) is 69.1 Å². The molecule has 1 aromatic heterocycles. The van der Waals surface area contributed by atoms with Gasteiger partial charge in [0.05, 0.1) is 16.2 Å². The fraction of sp³-hybridized carbons (Fsp3) is 0.480. The first-order valence-corrected chi connectivity index (χ1v) is 11.1. The van der Waals surface area contributed by atoms with Crippen LogP contribution in [0.4, 0.5) is 0 Å². The number of hydrogen-bond donors (Lipinski definition) is 1. The van der Waals surface area contributed by atoms with E-state index >= 15 is 0 Å². The quantitative estimate of drug-likeness (QED) is 0.316. The largest absolute Gasteiger partial charge is 0.419 e. The van der Waals surface area contributed by atoms with Gasteiger partial charge in [-0.15, -0.1) is 11.6 Å². The monoisotopic (exact) mass is 455 g/mol. The van der Waals surface area contributed by atoms with Gasteiger partial charge >= 0.3 is 11.9 Å². The lowest BCUT2D eigenvalue weighted by molar-refractivity contribution is -0.222. The molecule has 3 aliphatic rings. The molecule has 0 radical (unpaired) electrons. The molecule has 0 amide bonds. The minimum atomic E-state index is -1.29. The molecule has 2 aromatic rings. The number of ether oxygens (including phenoxy) is 2. The van der Waals surface area contributed by atoms with Gasteiger partial charge in [0, 0.05) is 42.7 Å². The van der Waals surface area contributed by atoms with Crippen molar-refractivity contribution in [3.05, 3.63) is 52.9 Å². The zero-order chi connectivity index (χ0) is 23.4. The van der Waals surface area contributed by atoms with Crippen LogP contribution in [0.3, 0.4) is 0 Å². The van der Waals surface area contributed by atoms with E-state index in [1.165, 1.54) is 13.8 Å². The molecule has 6 nitrogen and oxygen atoms in total. The second kappa shape index (κ2) is 6.12. The standard InChI is InChI=1S/C25H26ClNO5/c1-22(2)19-17-12(8-7-9-15(17)25(22,6)30)14(11-27-19)18-16(24(18,5)26)10-13-20(28)31-23(3,4)32-21(13)29/h7-11,16,18,30H,1-6H3/t16?,18?,24-,25+/m0/s1. The number of aliphatic hydroxyl groups is 1. The summed E-state index contributed by atoms with van der Waals surface area (Å²) >= 11 is 6.86. The molecule has 0 spiro atoms. The van der Waals surface area contributed by atoms with Gasteiger partial charge in [0.15, 0.2) is 0 Å². The molecule has 4 atom stereocenters. The number of allylic oxidation sites excluding steroid dienone is 1. The van der Waals surface area contributed by atoms with Gasteiger partial charge in [-0.05, 0) is 30.4 Å². The summed E-state index contributed by atoms with van der Waals surface area (Å²) in [6.07, 6.45) is 3.38. The van der Waals surface area contributed by atoms with Gasteiger partial charge in [0.1, 0.15) is 5.57 Å². The minimum Gasteiger partial charge on any atom is -0.419 e. The van der Waals surface area contributed by atoms with Crippen LogP contribution in [-0.2, 0) is 30.1 Å². The molecular formula is C25H26ClNO5. The van der Waals surface area contributed by atoms with E-state index in [9.17, 15) is 14.7 Å². The Morgan fingerprint density at radius 2 is 1.69 bits per heavy atom. The Hall–Kier alpha value is -2.44. The summed E-state index contributed by atoms with van der Waals surface area (Å²) in [5.41, 5.74) is 0.884. The number of cyclic esters (lactones) is 2. The van der Waals surface area contributed by atoms with Crippen LogP contribution in [0, 0.1) is 5.92 Å². The number of alkyl halides is 1. The Morgan fingerprint density at radius 3 is 2.31 bits per heavy atom. The van der Waals surface area contributed by atoms with Crippen LogP contribution < -0.4 is 0 Å². The number of carbonyl (C=O) groups excluding carboxylic acids is 2. The lowest BCUT2D eigenvalue weighted by atomic mass is 9.76. The smallest absolute Gasteiger partial charge is 0.348 e. The number of carbonyl (C=O) groups is 2. The van der Waals surface area contributed by atoms with Crippen LogP contribution in [0.15, 0.2) is 36.0 Å². The van der Waals surface area contributed by atoms with Crippen LogP contribution in [0.5, 0.6) is 0 Å². The first kappa shape index (κ1) is 21.4. The summed E-state index contributed by atoms with van der Waals surface area (Å²) in [6.45, 7) is 10.7. The van der Waals surface area contributed by atoms with Crippen LogP contribution in [0.1, 0.15) is 64.3 Å². The summed E-state index contributed by atoms with van der Waals surface area (Å²) in [5.74, 6) is -3.15. The molecule has 1 saturated carbocycles. The van der Waals surface area contributed by atoms with Gasteiger partial charge in [-0.3, -0.25) is 4.98 Å². The number of hydrogen-bond acceptors (Lipinski definition) is 6. The van der Waals surface area contributed by atoms with E-state index in [0.717, 1.165) is 27.6 Å². The molecule has 1 aliphatic heterocycles. The molecule has 2 fully saturated rings. The predicted octanol–water partition coefficient (Wildman–Crippen LogP) is 4.21. The van der Waals surface area contributed by atoms with E-state index in [4.69, 9.17) is 26.1 Å². The maximum Gasteiger partial charge on any atom is 0.348 e. The molecule has 2 aliphatic carbocycles. The van der Waals surface area contributed by atoms with E-state index < -0.39 is 33.6 Å². The van der Waals surface area contributed by atoms with E-state index in [1.54, 1.807) is 6.08 Å². The number of benzene rings is 1. The van der Waals surface area contributed by atoms with Crippen LogP contribution >= 0.6 is 11.6 Å². The molecule has 1 saturated heterocycles. The average Bonchev–Trinajstić information content (AvgIpc) is 3.16. The van der Waals surface area contributed by atoms with Gasteiger partial charge in [-0.1, -0.05) is 38.1 Å². The van der Waals surface area contributed by atoms with Crippen molar-refractivity contribution < 1.29 is 24.2 Å². The second-order valence-corrected chi connectivity index (χ2v) is 11.2. The van der Waals surface area contributed by atoms with Crippen molar-refractivity contribution in [1.29, 1.82) is 0 Å². The number of halogens is 1. The SMILES string of the molecule is CC1(C)OC(=O)C(=CC2C(c3cnc4c5c(cccc35)[C@@](C)(O)C4(C)C)[C@@]2(C)Cl)C(=O)O1. The summed E-state index contributed by atoms with van der Waals surface area (Å²) < 4.78 is 10.4. The maximum absolute atomic E-state index is 12.4. The Kier molecular flexibility index (Phi) is 4.09. The molecule has 5 rings (SSSR count). The number of aromatic nitrogens is 1. The first-order valence-electron chi connectivity index (χ1n) is 10.7. The third-order valence-corrected chi connectivity index (χ3v) is 8.07. The molecule has 1 aromatic carbocycles. The highest BCUT2D eigenvalue weighted by Gasteiger charge is 2.62. The zero-order valence-electron chi connectivity index (χ0n) is 18.9. The third kappa shape index (κ3) is 2.66.